The standard InChI is InChI=1S/C22H19N5O3S/c1-3-17-25-26-22(31-17)24-20(28)15-11-7-8-12-16(15)23-21(29)18-13(2)30-27-19(18)14-9-5-4-6-10-14/h4-12H,3H2,1-2H3,(H,23,29)(H,24,26,28). The van der Waals surface area contributed by atoms with E-state index in [9.17, 15) is 9.59 Å². The zero-order valence-electron chi connectivity index (χ0n) is 16.9. The van der Waals surface area contributed by atoms with E-state index in [1.165, 1.54) is 11.3 Å². The summed E-state index contributed by atoms with van der Waals surface area (Å²) < 4.78 is 5.27. The molecule has 0 unspecified atom stereocenters. The largest absolute Gasteiger partial charge is 0.360 e. The van der Waals surface area contributed by atoms with Gasteiger partial charge in [0, 0.05) is 5.56 Å². The number of amides is 2. The van der Waals surface area contributed by atoms with Gasteiger partial charge in [-0.25, -0.2) is 0 Å². The van der Waals surface area contributed by atoms with Gasteiger partial charge in [-0.15, -0.1) is 10.2 Å². The second-order valence-electron chi connectivity index (χ2n) is 6.64. The summed E-state index contributed by atoms with van der Waals surface area (Å²) in [4.78, 5) is 25.9. The number of hydrogen-bond donors (Lipinski definition) is 2. The minimum Gasteiger partial charge on any atom is -0.360 e. The minimum absolute atomic E-state index is 0.305. The van der Waals surface area contributed by atoms with Crippen LogP contribution in [0.2, 0.25) is 0 Å². The summed E-state index contributed by atoms with van der Waals surface area (Å²) in [7, 11) is 0. The van der Waals surface area contributed by atoms with Crippen LogP contribution in [-0.2, 0) is 6.42 Å². The number of carbonyl (C=O) groups excluding carboxylic acids is 2. The summed E-state index contributed by atoms with van der Waals surface area (Å²) in [5.74, 6) is -0.415. The molecular weight excluding hydrogens is 414 g/mol. The van der Waals surface area contributed by atoms with E-state index in [1.807, 2.05) is 37.3 Å². The van der Waals surface area contributed by atoms with E-state index in [0.29, 0.717) is 33.4 Å². The van der Waals surface area contributed by atoms with Gasteiger partial charge in [-0.05, 0) is 25.5 Å². The van der Waals surface area contributed by atoms with Crippen molar-refractivity contribution in [2.75, 3.05) is 10.6 Å². The molecule has 0 spiro atoms. The van der Waals surface area contributed by atoms with Crippen LogP contribution in [0.15, 0.2) is 59.1 Å². The molecule has 8 nitrogen and oxygen atoms in total. The van der Waals surface area contributed by atoms with Crippen molar-refractivity contribution < 1.29 is 14.1 Å². The fourth-order valence-corrected chi connectivity index (χ4v) is 3.69. The predicted molar refractivity (Wildman–Crippen MR) is 118 cm³/mol. The van der Waals surface area contributed by atoms with Crippen molar-refractivity contribution in [3.05, 3.63) is 76.5 Å². The van der Waals surface area contributed by atoms with E-state index in [-0.39, 0.29) is 5.91 Å². The highest BCUT2D eigenvalue weighted by molar-refractivity contribution is 7.15. The highest BCUT2D eigenvalue weighted by Crippen LogP contribution is 2.27. The van der Waals surface area contributed by atoms with E-state index >= 15 is 0 Å². The molecule has 0 fully saturated rings. The molecule has 4 rings (SSSR count). The number of benzene rings is 2. The van der Waals surface area contributed by atoms with Crippen LogP contribution in [-0.4, -0.2) is 27.2 Å². The van der Waals surface area contributed by atoms with Crippen molar-refractivity contribution in [2.45, 2.75) is 20.3 Å². The van der Waals surface area contributed by atoms with Gasteiger partial charge in [0.25, 0.3) is 11.8 Å². The van der Waals surface area contributed by atoms with Crippen LogP contribution in [0.1, 0.15) is 38.4 Å². The molecule has 4 aromatic rings. The Balaban J connectivity index is 1.59. The molecule has 2 N–H and O–H groups in total. The first kappa shape index (κ1) is 20.4. The Labute approximate surface area is 182 Å². The van der Waals surface area contributed by atoms with Crippen LogP contribution in [0.25, 0.3) is 11.3 Å². The van der Waals surface area contributed by atoms with Crippen molar-refractivity contribution in [1.29, 1.82) is 0 Å². The third-order valence-electron chi connectivity index (χ3n) is 4.55. The zero-order chi connectivity index (χ0) is 21.8. The normalized spacial score (nSPS) is 10.6. The molecule has 2 amide bonds. The number of aryl methyl sites for hydroxylation is 2. The smallest absolute Gasteiger partial charge is 0.261 e. The number of hydrogen-bond acceptors (Lipinski definition) is 7. The van der Waals surface area contributed by atoms with Crippen LogP contribution in [0.5, 0.6) is 0 Å². The lowest BCUT2D eigenvalue weighted by Gasteiger charge is -2.10. The molecule has 31 heavy (non-hydrogen) atoms. The van der Waals surface area contributed by atoms with Crippen molar-refractivity contribution >= 4 is 34.0 Å². The molecule has 2 aromatic heterocycles. The van der Waals surface area contributed by atoms with Crippen molar-refractivity contribution in [2.24, 2.45) is 0 Å². The molecule has 0 aliphatic rings. The fourth-order valence-electron chi connectivity index (χ4n) is 3.02. The van der Waals surface area contributed by atoms with Crippen LogP contribution in [0.3, 0.4) is 0 Å². The van der Waals surface area contributed by atoms with E-state index < -0.39 is 5.91 Å². The Hall–Kier alpha value is -3.85. The molecule has 0 radical (unpaired) electrons. The molecule has 0 atom stereocenters. The van der Waals surface area contributed by atoms with E-state index in [2.05, 4.69) is 26.0 Å². The van der Waals surface area contributed by atoms with Gasteiger partial charge in [-0.3, -0.25) is 14.9 Å². The third kappa shape index (κ3) is 4.36. The van der Waals surface area contributed by atoms with Crippen LogP contribution >= 0.6 is 11.3 Å². The number of carbonyl (C=O) groups is 2. The van der Waals surface area contributed by atoms with Gasteiger partial charge in [0.15, 0.2) is 0 Å². The van der Waals surface area contributed by atoms with Crippen LogP contribution < -0.4 is 10.6 Å². The molecule has 0 saturated carbocycles. The first-order chi connectivity index (χ1) is 15.1. The summed E-state index contributed by atoms with van der Waals surface area (Å²) in [6.07, 6.45) is 0.738. The Morgan fingerprint density at radius 1 is 0.968 bits per heavy atom. The maximum atomic E-state index is 13.1. The average Bonchev–Trinajstić information content (AvgIpc) is 3.40. The number of aromatic nitrogens is 3. The van der Waals surface area contributed by atoms with Crippen LogP contribution in [0, 0.1) is 6.92 Å². The number of para-hydroxylation sites is 1. The third-order valence-corrected chi connectivity index (χ3v) is 5.53. The topological polar surface area (TPSA) is 110 Å². The number of nitrogens with zero attached hydrogens (tertiary/aromatic N) is 3. The summed E-state index contributed by atoms with van der Waals surface area (Å²) >= 11 is 1.31. The zero-order valence-corrected chi connectivity index (χ0v) is 17.7. The Bertz CT molecular complexity index is 1230. The molecule has 9 heteroatoms. The molecule has 2 aromatic carbocycles. The molecular formula is C22H19N5O3S. The Morgan fingerprint density at radius 2 is 1.71 bits per heavy atom. The molecule has 156 valence electrons. The minimum atomic E-state index is -0.415. The number of anilines is 2. The molecule has 0 saturated heterocycles. The van der Waals surface area contributed by atoms with Gasteiger partial charge >= 0.3 is 0 Å². The lowest BCUT2D eigenvalue weighted by molar-refractivity contribution is 0.102. The average molecular weight is 433 g/mol. The monoisotopic (exact) mass is 433 g/mol. The molecule has 0 aliphatic carbocycles. The lowest BCUT2D eigenvalue weighted by Crippen LogP contribution is -2.19. The van der Waals surface area contributed by atoms with Gasteiger partial charge in [-0.1, -0.05) is 65.9 Å². The van der Waals surface area contributed by atoms with Gasteiger partial charge < -0.3 is 9.84 Å². The summed E-state index contributed by atoms with van der Waals surface area (Å²) in [6.45, 7) is 3.64. The molecule has 0 aliphatic heterocycles. The SMILES string of the molecule is CCc1nnc(NC(=O)c2ccccc2NC(=O)c2c(-c3ccccc3)noc2C)s1. The van der Waals surface area contributed by atoms with E-state index in [0.717, 1.165) is 17.0 Å². The molecule has 2 heterocycles. The summed E-state index contributed by atoms with van der Waals surface area (Å²) in [5.41, 5.74) is 2.19. The Morgan fingerprint density at radius 3 is 2.45 bits per heavy atom. The lowest BCUT2D eigenvalue weighted by atomic mass is 10.1. The number of rotatable bonds is 6. The van der Waals surface area contributed by atoms with Crippen molar-refractivity contribution in [1.82, 2.24) is 15.4 Å². The predicted octanol–water partition coefficient (Wildman–Crippen LogP) is 4.57. The van der Waals surface area contributed by atoms with Gasteiger partial charge in [0.05, 0.1) is 11.3 Å². The highest BCUT2D eigenvalue weighted by Gasteiger charge is 2.23. The van der Waals surface area contributed by atoms with Gasteiger partial charge in [0.2, 0.25) is 5.13 Å². The van der Waals surface area contributed by atoms with Gasteiger partial charge in [0.1, 0.15) is 22.0 Å². The second kappa shape index (κ2) is 8.88. The molecule has 0 bridgehead atoms. The maximum Gasteiger partial charge on any atom is 0.261 e. The summed E-state index contributed by atoms with van der Waals surface area (Å²) in [6, 6.07) is 16.1. The van der Waals surface area contributed by atoms with E-state index in [1.54, 1.807) is 31.2 Å². The van der Waals surface area contributed by atoms with Crippen molar-refractivity contribution in [3.63, 3.8) is 0 Å². The number of nitrogens with one attached hydrogen (secondary N) is 2. The maximum absolute atomic E-state index is 13.1. The van der Waals surface area contributed by atoms with Crippen molar-refractivity contribution in [3.8, 4) is 11.3 Å². The first-order valence-corrected chi connectivity index (χ1v) is 10.4. The first-order valence-electron chi connectivity index (χ1n) is 9.62. The van der Waals surface area contributed by atoms with E-state index in [4.69, 9.17) is 4.52 Å². The van der Waals surface area contributed by atoms with Gasteiger partial charge in [-0.2, -0.15) is 0 Å². The Kier molecular flexibility index (Phi) is 5.85. The second-order valence-corrected chi connectivity index (χ2v) is 7.70. The highest BCUT2D eigenvalue weighted by atomic mass is 32.1. The fraction of sp³-hybridized carbons (Fsp3) is 0.136. The quantitative estimate of drug-likeness (QED) is 0.461. The van der Waals surface area contributed by atoms with Crippen LogP contribution in [0.4, 0.5) is 10.8 Å². The summed E-state index contributed by atoms with van der Waals surface area (Å²) in [5, 5.41) is 18.8.